The molecule has 0 atom stereocenters. The highest BCUT2D eigenvalue weighted by molar-refractivity contribution is 5.98. The molecule has 2 aliphatic carbocycles. The summed E-state index contributed by atoms with van der Waals surface area (Å²) < 4.78 is 15.8. The predicted molar refractivity (Wildman–Crippen MR) is 299 cm³/mol. The van der Waals surface area contributed by atoms with Crippen LogP contribution < -0.4 is 35.6 Å². The van der Waals surface area contributed by atoms with Crippen molar-refractivity contribution in [3.63, 3.8) is 0 Å². The van der Waals surface area contributed by atoms with Crippen LogP contribution in [0.3, 0.4) is 0 Å². The Morgan fingerprint density at radius 2 is 1.11 bits per heavy atom. The van der Waals surface area contributed by atoms with E-state index in [9.17, 15) is 20.6 Å². The van der Waals surface area contributed by atoms with Gasteiger partial charge in [-0.3, -0.25) is 10.1 Å². The molecule has 0 radical (unpaired) electrons. The van der Waals surface area contributed by atoms with Crippen molar-refractivity contribution < 1.29 is 14.4 Å². The predicted octanol–water partition coefficient (Wildman–Crippen LogP) is 9.60. The number of aromatic nitrogens is 6. The van der Waals surface area contributed by atoms with E-state index in [-0.39, 0.29) is 11.6 Å². The van der Waals surface area contributed by atoms with Crippen molar-refractivity contribution in [1.82, 2.24) is 38.9 Å². The number of anilines is 7. The molecule has 4 N–H and O–H groups in total. The number of para-hydroxylation sites is 2. The van der Waals surface area contributed by atoms with E-state index >= 15 is 0 Å². The highest BCUT2D eigenvalue weighted by Gasteiger charge is 2.29. The molecular weight excluding hydrogens is 961 g/mol. The van der Waals surface area contributed by atoms with Crippen LogP contribution in [0.4, 0.5) is 46.0 Å². The quantitative estimate of drug-likeness (QED) is 0.0388. The number of likely N-dealkylation sites (N-methyl/N-ethyl adjacent to an activating group) is 4. The molecular formula is C56H62N16O4. The highest BCUT2D eigenvalue weighted by atomic mass is 16.6. The van der Waals surface area contributed by atoms with Crippen molar-refractivity contribution in [2.45, 2.75) is 37.8 Å². The fourth-order valence-electron chi connectivity index (χ4n) is 9.20. The number of fused-ring (bicyclic) bond motifs is 2. The number of nitrogens with two attached hydrogens (primary N) is 1. The normalized spacial score (nSPS) is 13.0. The van der Waals surface area contributed by atoms with Gasteiger partial charge in [-0.25, -0.2) is 19.9 Å². The molecule has 0 unspecified atom stereocenters. The van der Waals surface area contributed by atoms with Crippen molar-refractivity contribution in [3.8, 4) is 46.2 Å². The van der Waals surface area contributed by atoms with Crippen LogP contribution in [0.2, 0.25) is 0 Å². The number of benzene rings is 4. The van der Waals surface area contributed by atoms with Gasteiger partial charge in [0.2, 0.25) is 11.9 Å². The summed E-state index contributed by atoms with van der Waals surface area (Å²) in [6.45, 7) is 3.05. The van der Waals surface area contributed by atoms with Crippen LogP contribution in [0.1, 0.15) is 48.9 Å². The molecule has 0 amide bonds. The maximum atomic E-state index is 12.0. The van der Waals surface area contributed by atoms with Gasteiger partial charge in [0.25, 0.3) is 5.69 Å². The van der Waals surface area contributed by atoms with Gasteiger partial charge in [-0.1, -0.05) is 36.4 Å². The summed E-state index contributed by atoms with van der Waals surface area (Å²) in [6.07, 6.45) is 11.8. The number of nitriles is 2. The largest absolute Gasteiger partial charge is 0.494 e. The molecule has 2 saturated carbocycles. The van der Waals surface area contributed by atoms with Crippen molar-refractivity contribution in [1.29, 1.82) is 10.5 Å². The van der Waals surface area contributed by atoms with Gasteiger partial charge in [-0.2, -0.15) is 10.5 Å². The van der Waals surface area contributed by atoms with Crippen LogP contribution in [0.25, 0.3) is 44.3 Å². The van der Waals surface area contributed by atoms with E-state index in [4.69, 9.17) is 25.2 Å². The zero-order valence-electron chi connectivity index (χ0n) is 44.1. The Balaban J connectivity index is 0.000000186. The fraction of sp³-hybridized carbons (Fsp3) is 0.321. The lowest BCUT2D eigenvalue weighted by atomic mass is 10.1. The molecule has 0 bridgehead atoms. The summed E-state index contributed by atoms with van der Waals surface area (Å²) in [5.74, 6) is 1.60. The number of methoxy groups -OCH3 is 2. The van der Waals surface area contributed by atoms with Gasteiger partial charge in [-0.15, -0.1) is 0 Å². The van der Waals surface area contributed by atoms with E-state index in [1.54, 1.807) is 19.4 Å². The van der Waals surface area contributed by atoms with Crippen LogP contribution in [0.15, 0.2) is 97.6 Å². The van der Waals surface area contributed by atoms with Crippen LogP contribution in [0, 0.1) is 32.8 Å². The highest BCUT2D eigenvalue weighted by Crippen LogP contribution is 2.44. The Morgan fingerprint density at radius 1 is 0.671 bits per heavy atom. The lowest BCUT2D eigenvalue weighted by Gasteiger charge is -2.24. The number of rotatable bonds is 19. The monoisotopic (exact) mass is 1020 g/mol. The summed E-state index contributed by atoms with van der Waals surface area (Å²) in [4.78, 5) is 37.9. The van der Waals surface area contributed by atoms with E-state index in [0.717, 1.165) is 71.1 Å². The van der Waals surface area contributed by atoms with Gasteiger partial charge < -0.3 is 54.6 Å². The van der Waals surface area contributed by atoms with Crippen molar-refractivity contribution >= 4 is 67.8 Å². The van der Waals surface area contributed by atoms with Crippen LogP contribution in [-0.4, -0.2) is 126 Å². The summed E-state index contributed by atoms with van der Waals surface area (Å²) in [5.41, 5.74) is 15.2. The van der Waals surface area contributed by atoms with Gasteiger partial charge in [0.1, 0.15) is 29.3 Å². The molecule has 0 spiro atoms. The van der Waals surface area contributed by atoms with Crippen molar-refractivity contribution in [2.24, 2.45) is 0 Å². The average Bonchev–Trinajstić information content (AvgIpc) is 4.42. The van der Waals surface area contributed by atoms with Gasteiger partial charge >= 0.3 is 0 Å². The second-order valence-electron chi connectivity index (χ2n) is 19.6. The molecule has 2 aliphatic rings. The molecule has 20 nitrogen and oxygen atoms in total. The fourth-order valence-corrected chi connectivity index (χ4v) is 9.20. The summed E-state index contributed by atoms with van der Waals surface area (Å²) in [6, 6.07) is 28.6. The number of nitrogen functional groups attached to an aromatic ring is 1. The van der Waals surface area contributed by atoms with E-state index in [2.05, 4.69) is 82.3 Å². The van der Waals surface area contributed by atoms with E-state index < -0.39 is 4.92 Å². The first-order chi connectivity index (χ1) is 36.7. The second kappa shape index (κ2) is 22.2. The van der Waals surface area contributed by atoms with Gasteiger partial charge in [-0.05, 0) is 72.1 Å². The molecule has 4 heterocycles. The third-order valence-electron chi connectivity index (χ3n) is 13.6. The first kappa shape index (κ1) is 51.9. The molecule has 2 fully saturated rings. The second-order valence-corrected chi connectivity index (χ2v) is 19.6. The summed E-state index contributed by atoms with van der Waals surface area (Å²) in [5, 5.41) is 40.1. The van der Waals surface area contributed by atoms with Gasteiger partial charge in [0.15, 0.2) is 0 Å². The molecule has 20 heteroatoms. The van der Waals surface area contributed by atoms with Crippen LogP contribution >= 0.6 is 0 Å². The molecule has 76 heavy (non-hydrogen) atoms. The Hall–Kier alpha value is -8.98. The zero-order valence-corrected chi connectivity index (χ0v) is 44.1. The number of nitro benzene ring substituents is 1. The van der Waals surface area contributed by atoms with Crippen LogP contribution in [0.5, 0.6) is 11.5 Å². The SMILES string of the molecule is COc1cc(N(C)CCN(C)C)c(N)cc1Nc1ncc(C#N)c(-c2cn(C3CC3)c3ccccc23)n1.COc1cc(N(C)CCN(C)C)c([N+](=O)[O-])cc1Nc1ncc(C#N)c(-c2cn(C3CC3)c3ccccc23)n1. The van der Waals surface area contributed by atoms with Gasteiger partial charge in [0.05, 0.1) is 76.8 Å². The van der Waals surface area contributed by atoms with Gasteiger partial charge in [0, 0.05) is 116 Å². The van der Waals surface area contributed by atoms with Crippen molar-refractivity contribution in [3.05, 3.63) is 119 Å². The summed E-state index contributed by atoms with van der Waals surface area (Å²) >= 11 is 0. The van der Waals surface area contributed by atoms with E-state index in [1.165, 1.54) is 32.2 Å². The minimum atomic E-state index is -0.413. The standard InChI is InChI=1S/C28H30N8O3.C28H32N8O/c1-33(2)11-12-34(3)24-14-26(39-4)22(13-25(24)36(37)38)31-28-30-16-18(15-29)27(32-28)21-17-35(19-9-10-19)23-8-6-5-7-20(21)23;1-34(2)11-12-35(3)25-14-26(37-4)23(13-22(25)30)32-28-31-16-18(15-29)27(33-28)21-17-36(19-9-10-19)24-8-6-5-7-20(21)24/h5-8,13-14,16-17,19H,9-12H2,1-4H3,(H,30,31,32);5-8,13-14,16-17,19H,9-12,30H2,1-4H3,(H,31,32,33). The first-order valence-electron chi connectivity index (χ1n) is 25.0. The minimum absolute atomic E-state index is 0.0686. The maximum absolute atomic E-state index is 12.0. The average molecular weight is 1020 g/mol. The zero-order chi connectivity index (χ0) is 53.8. The molecule has 0 aliphatic heterocycles. The molecule has 4 aromatic heterocycles. The van der Waals surface area contributed by atoms with E-state index in [0.29, 0.717) is 81.3 Å². The molecule has 0 saturated heterocycles. The Morgan fingerprint density at radius 3 is 1.53 bits per heavy atom. The van der Waals surface area contributed by atoms with Crippen molar-refractivity contribution in [2.75, 3.05) is 109 Å². The number of nitro groups is 1. The molecule has 8 aromatic rings. The number of ether oxygens (including phenoxy) is 2. The first-order valence-corrected chi connectivity index (χ1v) is 25.0. The summed E-state index contributed by atoms with van der Waals surface area (Å²) in [7, 11) is 14.9. The van der Waals surface area contributed by atoms with E-state index in [1.807, 2.05) is 94.6 Å². The third kappa shape index (κ3) is 11.1. The molecule has 390 valence electrons. The van der Waals surface area contributed by atoms with Crippen LogP contribution in [-0.2, 0) is 0 Å². The third-order valence-corrected chi connectivity index (χ3v) is 13.6. The molecule has 4 aromatic carbocycles. The smallest absolute Gasteiger partial charge is 0.294 e. The topological polar surface area (TPSA) is 234 Å². The lowest BCUT2D eigenvalue weighted by molar-refractivity contribution is -0.384. The number of hydrogen-bond donors (Lipinski definition) is 3. The minimum Gasteiger partial charge on any atom is -0.494 e. The Labute approximate surface area is 441 Å². The Kier molecular flexibility index (Phi) is 15.2. The number of nitrogens with zero attached hydrogens (tertiary/aromatic N) is 13. The number of hydrogen-bond acceptors (Lipinski definition) is 17. The maximum Gasteiger partial charge on any atom is 0.294 e. The number of nitrogens with one attached hydrogen (secondary N) is 2. The molecule has 10 rings (SSSR count). The lowest BCUT2D eigenvalue weighted by Crippen LogP contribution is -2.29. The Bertz CT molecular complexity index is 3530.